The molecule has 0 saturated carbocycles. The third-order valence-electron chi connectivity index (χ3n) is 3.40. The molecule has 1 N–H and O–H groups in total. The quantitative estimate of drug-likeness (QED) is 0.930. The van der Waals surface area contributed by atoms with E-state index < -0.39 is 5.97 Å². The molecule has 0 fully saturated rings. The summed E-state index contributed by atoms with van der Waals surface area (Å²) in [7, 11) is 1.88. The summed E-state index contributed by atoms with van der Waals surface area (Å²) in [5.41, 5.74) is 3.99. The molecule has 0 bridgehead atoms. The summed E-state index contributed by atoms with van der Waals surface area (Å²) in [6, 6.07) is 5.04. The lowest BCUT2D eigenvalue weighted by atomic mass is 10.1. The Balaban J connectivity index is 2.17. The summed E-state index contributed by atoms with van der Waals surface area (Å²) in [6.45, 7) is 6.14. The molecule has 2 rings (SSSR count). The molecule has 5 nitrogen and oxygen atoms in total. The van der Waals surface area contributed by atoms with Crippen molar-refractivity contribution in [3.05, 3.63) is 46.3 Å². The summed E-state index contributed by atoms with van der Waals surface area (Å²) in [5, 5.41) is 13.2. The van der Waals surface area contributed by atoms with Gasteiger partial charge in [0.05, 0.1) is 11.3 Å². The first-order chi connectivity index (χ1) is 9.40. The number of aryl methyl sites for hydroxylation is 3. The molecule has 0 unspecified atom stereocenters. The summed E-state index contributed by atoms with van der Waals surface area (Å²) in [5.74, 6) is -0.131. The number of carboxylic acid groups (broad SMARTS) is 1. The number of hydrogen-bond acceptors (Lipinski definition) is 3. The number of benzene rings is 1. The Labute approximate surface area is 117 Å². The fourth-order valence-corrected chi connectivity index (χ4v) is 2.10. The molecule has 1 aromatic carbocycles. The highest BCUT2D eigenvalue weighted by Gasteiger charge is 2.12. The molecule has 1 heterocycles. The normalized spacial score (nSPS) is 10.6. The lowest BCUT2D eigenvalue weighted by Gasteiger charge is -2.09. The van der Waals surface area contributed by atoms with Crippen LogP contribution in [0.1, 0.15) is 32.9 Å². The highest BCUT2D eigenvalue weighted by molar-refractivity contribution is 5.87. The molecule has 1 aromatic heterocycles. The van der Waals surface area contributed by atoms with Gasteiger partial charge in [-0.2, -0.15) is 5.10 Å². The minimum Gasteiger partial charge on any atom is -0.485 e. The van der Waals surface area contributed by atoms with Crippen molar-refractivity contribution in [2.45, 2.75) is 27.4 Å². The van der Waals surface area contributed by atoms with Gasteiger partial charge in [0.15, 0.2) is 5.75 Å². The van der Waals surface area contributed by atoms with E-state index in [1.807, 2.05) is 27.8 Å². The van der Waals surface area contributed by atoms with E-state index in [1.165, 1.54) is 0 Å². The van der Waals surface area contributed by atoms with Crippen LogP contribution in [0.5, 0.6) is 5.75 Å². The van der Waals surface area contributed by atoms with Crippen LogP contribution in [0, 0.1) is 20.8 Å². The largest absolute Gasteiger partial charge is 0.485 e. The molecule has 0 radical (unpaired) electrons. The van der Waals surface area contributed by atoms with Crippen LogP contribution in [0.25, 0.3) is 0 Å². The van der Waals surface area contributed by atoms with E-state index in [0.717, 1.165) is 28.3 Å². The zero-order valence-electron chi connectivity index (χ0n) is 12.1. The van der Waals surface area contributed by atoms with Gasteiger partial charge in [-0.3, -0.25) is 4.68 Å². The van der Waals surface area contributed by atoms with Gasteiger partial charge in [-0.25, -0.2) is 4.79 Å². The van der Waals surface area contributed by atoms with Crippen molar-refractivity contribution in [2.75, 3.05) is 0 Å². The predicted octanol–water partition coefficient (Wildman–Crippen LogP) is 2.62. The third kappa shape index (κ3) is 2.66. The van der Waals surface area contributed by atoms with E-state index in [0.29, 0.717) is 12.2 Å². The average Bonchev–Trinajstić information content (AvgIpc) is 2.62. The molecular formula is C15H18N2O3. The topological polar surface area (TPSA) is 64.3 Å². The van der Waals surface area contributed by atoms with Crippen LogP contribution < -0.4 is 4.74 Å². The first-order valence-electron chi connectivity index (χ1n) is 6.36. The maximum atomic E-state index is 10.9. The SMILES string of the molecule is Cc1cc(C(=O)O)ccc1COc1c(C)nn(C)c1C. The lowest BCUT2D eigenvalue weighted by Crippen LogP contribution is -2.02. The van der Waals surface area contributed by atoms with Crippen molar-refractivity contribution >= 4 is 5.97 Å². The molecule has 0 aliphatic rings. The predicted molar refractivity (Wildman–Crippen MR) is 75.2 cm³/mol. The number of hydrogen-bond donors (Lipinski definition) is 1. The Hall–Kier alpha value is -2.30. The van der Waals surface area contributed by atoms with Crippen molar-refractivity contribution < 1.29 is 14.6 Å². The number of rotatable bonds is 4. The standard InChI is InChI=1S/C15H18N2O3/c1-9-7-12(15(18)19)5-6-13(9)8-20-14-10(2)16-17(4)11(14)3/h5-7H,8H2,1-4H3,(H,18,19). The molecular weight excluding hydrogens is 256 g/mol. The second kappa shape index (κ2) is 5.36. The molecule has 0 amide bonds. The number of aromatic carboxylic acids is 1. The van der Waals surface area contributed by atoms with Crippen molar-refractivity contribution in [1.29, 1.82) is 0 Å². The van der Waals surface area contributed by atoms with E-state index >= 15 is 0 Å². The lowest BCUT2D eigenvalue weighted by molar-refractivity contribution is 0.0696. The Bertz CT molecular complexity index is 659. The number of nitrogens with zero attached hydrogens (tertiary/aromatic N) is 2. The third-order valence-corrected chi connectivity index (χ3v) is 3.40. The van der Waals surface area contributed by atoms with Gasteiger partial charge in [0.25, 0.3) is 0 Å². The van der Waals surface area contributed by atoms with Gasteiger partial charge in [0.1, 0.15) is 12.3 Å². The summed E-state index contributed by atoms with van der Waals surface area (Å²) >= 11 is 0. The zero-order chi connectivity index (χ0) is 14.9. The van der Waals surface area contributed by atoms with E-state index in [2.05, 4.69) is 5.10 Å². The van der Waals surface area contributed by atoms with Gasteiger partial charge in [-0.15, -0.1) is 0 Å². The monoisotopic (exact) mass is 274 g/mol. The number of ether oxygens (including phenoxy) is 1. The van der Waals surface area contributed by atoms with Crippen LogP contribution in [-0.4, -0.2) is 20.9 Å². The minimum atomic E-state index is -0.917. The van der Waals surface area contributed by atoms with Crippen LogP contribution in [0.3, 0.4) is 0 Å². The van der Waals surface area contributed by atoms with Gasteiger partial charge in [0.2, 0.25) is 0 Å². The maximum Gasteiger partial charge on any atom is 0.335 e. The summed E-state index contributed by atoms with van der Waals surface area (Å²) in [6.07, 6.45) is 0. The molecule has 0 atom stereocenters. The highest BCUT2D eigenvalue weighted by Crippen LogP contribution is 2.23. The highest BCUT2D eigenvalue weighted by atomic mass is 16.5. The molecule has 20 heavy (non-hydrogen) atoms. The smallest absolute Gasteiger partial charge is 0.335 e. The van der Waals surface area contributed by atoms with Crippen LogP contribution in [0.2, 0.25) is 0 Å². The van der Waals surface area contributed by atoms with E-state index in [-0.39, 0.29) is 0 Å². The van der Waals surface area contributed by atoms with Crippen LogP contribution in [-0.2, 0) is 13.7 Å². The van der Waals surface area contributed by atoms with E-state index in [9.17, 15) is 4.79 Å². The molecule has 0 aliphatic carbocycles. The molecule has 5 heteroatoms. The Morgan fingerprint density at radius 3 is 2.55 bits per heavy atom. The summed E-state index contributed by atoms with van der Waals surface area (Å²) < 4.78 is 7.61. The average molecular weight is 274 g/mol. The molecule has 2 aromatic rings. The maximum absolute atomic E-state index is 10.9. The fraction of sp³-hybridized carbons (Fsp3) is 0.333. The van der Waals surface area contributed by atoms with Crippen LogP contribution in [0.4, 0.5) is 0 Å². The van der Waals surface area contributed by atoms with Gasteiger partial charge in [0, 0.05) is 7.05 Å². The Morgan fingerprint density at radius 2 is 2.05 bits per heavy atom. The second-order valence-electron chi connectivity index (χ2n) is 4.86. The van der Waals surface area contributed by atoms with Crippen molar-refractivity contribution in [3.63, 3.8) is 0 Å². The van der Waals surface area contributed by atoms with Gasteiger partial charge < -0.3 is 9.84 Å². The van der Waals surface area contributed by atoms with Crippen LogP contribution in [0.15, 0.2) is 18.2 Å². The fourth-order valence-electron chi connectivity index (χ4n) is 2.10. The summed E-state index contributed by atoms with van der Waals surface area (Å²) in [4.78, 5) is 10.9. The number of aromatic nitrogens is 2. The van der Waals surface area contributed by atoms with E-state index in [1.54, 1.807) is 22.9 Å². The minimum absolute atomic E-state index is 0.292. The number of carboxylic acids is 1. The van der Waals surface area contributed by atoms with Crippen molar-refractivity contribution in [1.82, 2.24) is 9.78 Å². The van der Waals surface area contributed by atoms with Gasteiger partial charge >= 0.3 is 5.97 Å². The van der Waals surface area contributed by atoms with Crippen LogP contribution >= 0.6 is 0 Å². The van der Waals surface area contributed by atoms with Gasteiger partial charge in [-0.05, 0) is 44.0 Å². The Morgan fingerprint density at radius 1 is 1.35 bits per heavy atom. The second-order valence-corrected chi connectivity index (χ2v) is 4.86. The van der Waals surface area contributed by atoms with Crippen molar-refractivity contribution in [3.8, 4) is 5.75 Å². The first kappa shape index (κ1) is 14.1. The van der Waals surface area contributed by atoms with Gasteiger partial charge in [-0.1, -0.05) is 6.07 Å². The molecule has 0 saturated heterocycles. The first-order valence-corrected chi connectivity index (χ1v) is 6.36. The van der Waals surface area contributed by atoms with Crippen molar-refractivity contribution in [2.24, 2.45) is 7.05 Å². The number of carbonyl (C=O) groups is 1. The molecule has 0 aliphatic heterocycles. The Kier molecular flexibility index (Phi) is 3.79. The zero-order valence-corrected chi connectivity index (χ0v) is 12.1. The van der Waals surface area contributed by atoms with E-state index in [4.69, 9.17) is 9.84 Å². The molecule has 106 valence electrons. The molecule has 0 spiro atoms.